The first-order valence-corrected chi connectivity index (χ1v) is 10.3. The molecule has 0 spiro atoms. The van der Waals surface area contributed by atoms with Crippen LogP contribution in [0.4, 0.5) is 11.6 Å². The molecule has 0 aliphatic carbocycles. The van der Waals surface area contributed by atoms with Gasteiger partial charge in [-0.3, -0.25) is 4.90 Å². The molecule has 0 amide bonds. The van der Waals surface area contributed by atoms with Crippen molar-refractivity contribution in [2.24, 2.45) is 5.92 Å². The van der Waals surface area contributed by atoms with Crippen LogP contribution in [0, 0.1) is 5.92 Å². The van der Waals surface area contributed by atoms with Crippen LogP contribution < -0.4 is 10.6 Å². The lowest BCUT2D eigenvalue weighted by molar-refractivity contribution is -0.00416. The van der Waals surface area contributed by atoms with Gasteiger partial charge in [-0.25, -0.2) is 9.97 Å². The highest BCUT2D eigenvalue weighted by Gasteiger charge is 2.34. The highest BCUT2D eigenvalue weighted by atomic mass is 32.2. The van der Waals surface area contributed by atoms with Crippen molar-refractivity contribution >= 4 is 23.4 Å². The summed E-state index contributed by atoms with van der Waals surface area (Å²) in [6.45, 7) is 5.85. The highest BCUT2D eigenvalue weighted by Crippen LogP contribution is 2.30. The number of nitrogens with two attached hydrogens (primary N) is 1. The van der Waals surface area contributed by atoms with Crippen LogP contribution in [-0.2, 0) is 4.74 Å². The third-order valence-electron chi connectivity index (χ3n) is 5.16. The Balaban J connectivity index is 1.73. The van der Waals surface area contributed by atoms with E-state index in [-0.39, 0.29) is 6.61 Å². The first-order chi connectivity index (χ1) is 12.2. The van der Waals surface area contributed by atoms with E-state index in [0.717, 1.165) is 69.6 Å². The van der Waals surface area contributed by atoms with Crippen molar-refractivity contribution < 1.29 is 9.84 Å². The average molecular weight is 368 g/mol. The molecule has 0 unspecified atom stereocenters. The van der Waals surface area contributed by atoms with Gasteiger partial charge in [0.2, 0.25) is 0 Å². The van der Waals surface area contributed by atoms with Gasteiger partial charge in [0.25, 0.3) is 0 Å². The van der Waals surface area contributed by atoms with Crippen molar-refractivity contribution in [3.63, 3.8) is 0 Å². The molecule has 2 aliphatic heterocycles. The fourth-order valence-corrected chi connectivity index (χ4v) is 4.32. The molecule has 25 heavy (non-hydrogen) atoms. The molecule has 1 aromatic heterocycles. The van der Waals surface area contributed by atoms with Gasteiger partial charge in [0.05, 0.1) is 13.2 Å². The van der Waals surface area contributed by atoms with Gasteiger partial charge in [0.15, 0.2) is 5.16 Å². The van der Waals surface area contributed by atoms with Gasteiger partial charge in [-0.05, 0) is 31.4 Å². The van der Waals surface area contributed by atoms with Crippen LogP contribution in [0.2, 0.25) is 0 Å². The Kier molecular flexibility index (Phi) is 6.75. The second-order valence-corrected chi connectivity index (χ2v) is 7.49. The van der Waals surface area contributed by atoms with E-state index in [9.17, 15) is 5.11 Å². The summed E-state index contributed by atoms with van der Waals surface area (Å²) in [6, 6.07) is 2.43. The van der Waals surface area contributed by atoms with Crippen LogP contribution in [0.15, 0.2) is 11.2 Å². The van der Waals surface area contributed by atoms with E-state index in [0.29, 0.717) is 17.8 Å². The zero-order valence-electron chi connectivity index (χ0n) is 14.9. The van der Waals surface area contributed by atoms with Crippen LogP contribution in [0.25, 0.3) is 0 Å². The maximum atomic E-state index is 9.29. The van der Waals surface area contributed by atoms with Gasteiger partial charge in [-0.2, -0.15) is 0 Å². The molecular formula is C17H29N5O2S. The molecule has 2 saturated heterocycles. The number of hydrogen-bond acceptors (Lipinski definition) is 8. The second kappa shape index (κ2) is 9.02. The molecule has 7 nitrogen and oxygen atoms in total. The summed E-state index contributed by atoms with van der Waals surface area (Å²) in [5, 5.41) is 10.0. The summed E-state index contributed by atoms with van der Waals surface area (Å²) < 4.78 is 5.51. The molecule has 3 heterocycles. The number of nitrogens with zero attached hydrogens (tertiary/aromatic N) is 4. The largest absolute Gasteiger partial charge is 0.396 e. The smallest absolute Gasteiger partial charge is 0.191 e. The zero-order chi connectivity index (χ0) is 17.6. The Labute approximate surface area is 153 Å². The van der Waals surface area contributed by atoms with Crippen LogP contribution in [0.3, 0.4) is 0 Å². The van der Waals surface area contributed by atoms with Crippen molar-refractivity contribution in [2.75, 3.05) is 62.9 Å². The number of anilines is 2. The van der Waals surface area contributed by atoms with Gasteiger partial charge in [-0.1, -0.05) is 11.8 Å². The number of piperidine rings is 1. The summed E-state index contributed by atoms with van der Waals surface area (Å²) in [7, 11) is 0. The number of aromatic nitrogens is 2. The van der Waals surface area contributed by atoms with Crippen molar-refractivity contribution in [3.8, 4) is 0 Å². The average Bonchev–Trinajstić information content (AvgIpc) is 2.66. The Morgan fingerprint density at radius 2 is 2.12 bits per heavy atom. The van der Waals surface area contributed by atoms with Gasteiger partial charge in [0, 0.05) is 44.9 Å². The minimum atomic E-state index is 0.253. The molecule has 140 valence electrons. The molecule has 0 aromatic carbocycles. The second-order valence-electron chi connectivity index (χ2n) is 6.71. The maximum Gasteiger partial charge on any atom is 0.191 e. The first kappa shape index (κ1) is 18.7. The minimum Gasteiger partial charge on any atom is -0.396 e. The Morgan fingerprint density at radius 3 is 2.84 bits per heavy atom. The van der Waals surface area contributed by atoms with E-state index in [1.165, 1.54) is 11.8 Å². The lowest BCUT2D eigenvalue weighted by atomic mass is 9.87. The van der Waals surface area contributed by atoms with E-state index in [2.05, 4.69) is 19.8 Å². The lowest BCUT2D eigenvalue weighted by Crippen LogP contribution is -2.54. The van der Waals surface area contributed by atoms with Gasteiger partial charge in [-0.15, -0.1) is 0 Å². The SMILES string of the molecule is CSc1nc(N)cc(N2CC[C@H](N3CCOCC3)[C@H](CCCO)C2)n1. The quantitative estimate of drug-likeness (QED) is 0.570. The molecule has 2 aliphatic rings. The zero-order valence-corrected chi connectivity index (χ0v) is 15.7. The fraction of sp³-hybridized carbons (Fsp3) is 0.765. The van der Waals surface area contributed by atoms with Gasteiger partial charge < -0.3 is 20.5 Å². The molecule has 0 bridgehead atoms. The molecule has 1 aromatic rings. The fourth-order valence-electron chi connectivity index (χ4n) is 3.94. The summed E-state index contributed by atoms with van der Waals surface area (Å²) >= 11 is 1.52. The lowest BCUT2D eigenvalue weighted by Gasteiger charge is -2.45. The first-order valence-electron chi connectivity index (χ1n) is 9.07. The molecule has 2 atom stereocenters. The molecule has 3 rings (SSSR count). The number of ether oxygens (including phenoxy) is 1. The van der Waals surface area contributed by atoms with Crippen molar-refractivity contribution in [3.05, 3.63) is 6.07 Å². The normalized spacial score (nSPS) is 25.3. The Bertz CT molecular complexity index is 556. The van der Waals surface area contributed by atoms with Crippen LogP contribution >= 0.6 is 11.8 Å². The molecule has 8 heteroatoms. The monoisotopic (exact) mass is 367 g/mol. The van der Waals surface area contributed by atoms with E-state index in [1.807, 2.05) is 12.3 Å². The summed E-state index contributed by atoms with van der Waals surface area (Å²) in [5.41, 5.74) is 5.95. The number of nitrogen functional groups attached to an aromatic ring is 1. The molecular weight excluding hydrogens is 338 g/mol. The Hall–Kier alpha value is -1.09. The predicted octanol–water partition coefficient (Wildman–Crippen LogP) is 1.08. The van der Waals surface area contributed by atoms with Gasteiger partial charge >= 0.3 is 0 Å². The Morgan fingerprint density at radius 1 is 1.32 bits per heavy atom. The maximum absolute atomic E-state index is 9.29. The van der Waals surface area contributed by atoms with Crippen molar-refractivity contribution in [1.29, 1.82) is 0 Å². The number of rotatable bonds is 6. The van der Waals surface area contributed by atoms with E-state index in [1.54, 1.807) is 0 Å². The molecule has 2 fully saturated rings. The van der Waals surface area contributed by atoms with E-state index in [4.69, 9.17) is 10.5 Å². The number of aliphatic hydroxyl groups is 1. The van der Waals surface area contributed by atoms with E-state index >= 15 is 0 Å². The standard InChI is InChI=1S/C17H29N5O2S/c1-25-17-19-15(18)11-16(20-17)22-5-4-14(13(12-22)3-2-8-23)21-6-9-24-10-7-21/h11,13-14,23H,2-10,12H2,1H3,(H2,18,19,20)/t13-,14+/m1/s1. The summed E-state index contributed by atoms with van der Waals surface area (Å²) in [5.74, 6) is 1.97. The number of aliphatic hydroxyl groups excluding tert-OH is 1. The summed E-state index contributed by atoms with van der Waals surface area (Å²) in [6.07, 6.45) is 4.95. The highest BCUT2D eigenvalue weighted by molar-refractivity contribution is 7.98. The number of hydrogen-bond donors (Lipinski definition) is 2. The van der Waals surface area contributed by atoms with E-state index < -0.39 is 0 Å². The molecule has 3 N–H and O–H groups in total. The minimum absolute atomic E-state index is 0.253. The third kappa shape index (κ3) is 4.75. The van der Waals surface area contributed by atoms with Crippen LogP contribution in [0.5, 0.6) is 0 Å². The topological polar surface area (TPSA) is 87.7 Å². The molecule has 0 saturated carbocycles. The van der Waals surface area contributed by atoms with Crippen molar-refractivity contribution in [2.45, 2.75) is 30.5 Å². The van der Waals surface area contributed by atoms with Gasteiger partial charge in [0.1, 0.15) is 11.6 Å². The third-order valence-corrected chi connectivity index (χ3v) is 5.71. The summed E-state index contributed by atoms with van der Waals surface area (Å²) in [4.78, 5) is 13.8. The molecule has 0 radical (unpaired) electrons. The van der Waals surface area contributed by atoms with Crippen molar-refractivity contribution in [1.82, 2.24) is 14.9 Å². The predicted molar refractivity (Wildman–Crippen MR) is 101 cm³/mol. The van der Waals surface area contributed by atoms with Crippen LogP contribution in [0.1, 0.15) is 19.3 Å². The number of morpholine rings is 1. The van der Waals surface area contributed by atoms with Crippen LogP contribution in [-0.4, -0.2) is 78.3 Å². The number of thioether (sulfide) groups is 1.